The summed E-state index contributed by atoms with van der Waals surface area (Å²) >= 11 is 1.17. The van der Waals surface area contributed by atoms with Crippen LogP contribution >= 0.6 is 11.8 Å². The van der Waals surface area contributed by atoms with Gasteiger partial charge in [0.1, 0.15) is 12.3 Å². The number of carbonyl (C=O) groups excluding carboxylic acids is 1. The van der Waals surface area contributed by atoms with E-state index < -0.39 is 12.7 Å². The molecule has 0 spiro atoms. The van der Waals surface area contributed by atoms with Gasteiger partial charge in [-0.1, -0.05) is 42.1 Å². The third-order valence-corrected chi connectivity index (χ3v) is 5.31. The van der Waals surface area contributed by atoms with Crippen LogP contribution in [-0.4, -0.2) is 28.6 Å². The molecular formula is C21H19F3N2O2S. The Kier molecular flexibility index (Phi) is 6.32. The van der Waals surface area contributed by atoms with Crippen LogP contribution in [0.5, 0.6) is 5.75 Å². The fourth-order valence-electron chi connectivity index (χ4n) is 2.90. The minimum absolute atomic E-state index is 0.0937. The van der Waals surface area contributed by atoms with Gasteiger partial charge < -0.3 is 9.30 Å². The van der Waals surface area contributed by atoms with Crippen molar-refractivity contribution in [2.75, 3.05) is 7.11 Å². The standard InChI is InChI=1S/C21H19F3N2O2S/c1-14(27)16-8-9-19(28-2)17(10-16)12-29-20-25-11-18(15-6-4-3-5-7-15)26(20)13-21(22,23)24/h3-11H,12-13H2,1-2H3. The summed E-state index contributed by atoms with van der Waals surface area (Å²) in [5.41, 5.74) is 2.29. The maximum Gasteiger partial charge on any atom is 0.406 e. The summed E-state index contributed by atoms with van der Waals surface area (Å²) in [5, 5.41) is 0.247. The van der Waals surface area contributed by atoms with E-state index in [0.29, 0.717) is 33.9 Å². The molecule has 0 amide bonds. The highest BCUT2D eigenvalue weighted by Gasteiger charge is 2.31. The molecule has 29 heavy (non-hydrogen) atoms. The summed E-state index contributed by atoms with van der Waals surface area (Å²) in [5.74, 6) is 0.788. The van der Waals surface area contributed by atoms with Crippen molar-refractivity contribution in [1.82, 2.24) is 9.55 Å². The maximum absolute atomic E-state index is 13.2. The minimum Gasteiger partial charge on any atom is -0.496 e. The number of alkyl halides is 3. The van der Waals surface area contributed by atoms with E-state index in [-0.39, 0.29) is 10.9 Å². The van der Waals surface area contributed by atoms with Gasteiger partial charge in [0.2, 0.25) is 0 Å². The molecule has 0 aliphatic heterocycles. The predicted molar refractivity (Wildman–Crippen MR) is 106 cm³/mol. The van der Waals surface area contributed by atoms with E-state index in [4.69, 9.17) is 4.74 Å². The van der Waals surface area contributed by atoms with Crippen molar-refractivity contribution < 1.29 is 22.7 Å². The molecule has 0 bridgehead atoms. The van der Waals surface area contributed by atoms with E-state index in [0.717, 1.165) is 0 Å². The number of methoxy groups -OCH3 is 1. The van der Waals surface area contributed by atoms with Crippen LogP contribution < -0.4 is 4.74 Å². The molecule has 0 unspecified atom stereocenters. The van der Waals surface area contributed by atoms with Gasteiger partial charge in [-0.2, -0.15) is 13.2 Å². The van der Waals surface area contributed by atoms with E-state index in [1.54, 1.807) is 48.5 Å². The molecule has 0 fully saturated rings. The van der Waals surface area contributed by atoms with Crippen molar-refractivity contribution in [3.8, 4) is 17.0 Å². The van der Waals surface area contributed by atoms with Crippen LogP contribution in [0.2, 0.25) is 0 Å². The van der Waals surface area contributed by atoms with Crippen LogP contribution in [0.4, 0.5) is 13.2 Å². The van der Waals surface area contributed by atoms with E-state index in [1.807, 2.05) is 0 Å². The lowest BCUT2D eigenvalue weighted by atomic mass is 10.1. The SMILES string of the molecule is COc1ccc(C(C)=O)cc1CSc1ncc(-c2ccccc2)n1CC(F)(F)F. The molecule has 2 aromatic carbocycles. The van der Waals surface area contributed by atoms with Gasteiger partial charge in [-0.05, 0) is 30.7 Å². The molecule has 0 N–H and O–H groups in total. The molecule has 0 aliphatic carbocycles. The number of nitrogens with zero attached hydrogens (tertiary/aromatic N) is 2. The van der Waals surface area contributed by atoms with Crippen molar-refractivity contribution in [1.29, 1.82) is 0 Å². The van der Waals surface area contributed by atoms with Crippen LogP contribution in [0.25, 0.3) is 11.3 Å². The summed E-state index contributed by atoms with van der Waals surface area (Å²) in [6.45, 7) is 0.324. The van der Waals surface area contributed by atoms with Crippen molar-refractivity contribution in [3.05, 3.63) is 65.9 Å². The zero-order chi connectivity index (χ0) is 21.0. The first kappa shape index (κ1) is 21.0. The second kappa shape index (κ2) is 8.73. The van der Waals surface area contributed by atoms with Crippen molar-refractivity contribution >= 4 is 17.5 Å². The smallest absolute Gasteiger partial charge is 0.406 e. The van der Waals surface area contributed by atoms with Crippen molar-refractivity contribution in [2.45, 2.75) is 30.6 Å². The fraction of sp³-hybridized carbons (Fsp3) is 0.238. The lowest BCUT2D eigenvalue weighted by molar-refractivity contribution is -0.141. The van der Waals surface area contributed by atoms with E-state index >= 15 is 0 Å². The molecule has 1 heterocycles. The largest absolute Gasteiger partial charge is 0.496 e. The number of benzene rings is 2. The van der Waals surface area contributed by atoms with Gasteiger partial charge in [0.05, 0.1) is 19.0 Å². The summed E-state index contributed by atoms with van der Waals surface area (Å²) in [6.07, 6.45) is -2.93. The summed E-state index contributed by atoms with van der Waals surface area (Å²) in [6, 6.07) is 13.9. The Morgan fingerprint density at radius 1 is 1.17 bits per heavy atom. The second-order valence-electron chi connectivity index (χ2n) is 6.36. The summed E-state index contributed by atoms with van der Waals surface area (Å²) in [7, 11) is 1.51. The highest BCUT2D eigenvalue weighted by molar-refractivity contribution is 7.98. The number of halogens is 3. The number of rotatable bonds is 7. The first-order valence-corrected chi connectivity index (χ1v) is 9.75. The number of aromatic nitrogens is 2. The lowest BCUT2D eigenvalue weighted by Crippen LogP contribution is -2.19. The second-order valence-corrected chi connectivity index (χ2v) is 7.31. The number of ether oxygens (including phenoxy) is 1. The van der Waals surface area contributed by atoms with Gasteiger partial charge in [0.25, 0.3) is 0 Å². The molecular weight excluding hydrogens is 401 g/mol. The molecule has 4 nitrogen and oxygen atoms in total. The average molecular weight is 420 g/mol. The topological polar surface area (TPSA) is 44.1 Å². The zero-order valence-corrected chi connectivity index (χ0v) is 16.7. The minimum atomic E-state index is -4.38. The van der Waals surface area contributed by atoms with Gasteiger partial charge in [-0.15, -0.1) is 0 Å². The van der Waals surface area contributed by atoms with Crippen LogP contribution in [0.1, 0.15) is 22.8 Å². The highest BCUT2D eigenvalue weighted by Crippen LogP contribution is 2.33. The number of ketones is 1. The number of imidazole rings is 1. The van der Waals surface area contributed by atoms with Gasteiger partial charge in [-0.25, -0.2) is 4.98 Å². The maximum atomic E-state index is 13.2. The lowest BCUT2D eigenvalue weighted by Gasteiger charge is -2.15. The van der Waals surface area contributed by atoms with E-state index in [9.17, 15) is 18.0 Å². The Morgan fingerprint density at radius 2 is 1.90 bits per heavy atom. The Balaban J connectivity index is 1.93. The zero-order valence-electron chi connectivity index (χ0n) is 15.9. The van der Waals surface area contributed by atoms with Gasteiger partial charge in [0, 0.05) is 16.9 Å². The molecule has 3 rings (SSSR count). The number of carbonyl (C=O) groups is 1. The van der Waals surface area contributed by atoms with E-state index in [1.165, 1.54) is 36.6 Å². The molecule has 0 saturated carbocycles. The van der Waals surface area contributed by atoms with Crippen LogP contribution in [-0.2, 0) is 12.3 Å². The monoisotopic (exact) mass is 420 g/mol. The molecule has 8 heteroatoms. The third kappa shape index (κ3) is 5.20. The van der Waals surface area contributed by atoms with Crippen LogP contribution in [0.3, 0.4) is 0 Å². The van der Waals surface area contributed by atoms with Crippen LogP contribution in [0.15, 0.2) is 59.9 Å². The van der Waals surface area contributed by atoms with Gasteiger partial charge >= 0.3 is 6.18 Å². The summed E-state index contributed by atoms with van der Waals surface area (Å²) < 4.78 is 46.1. The number of hydrogen-bond donors (Lipinski definition) is 0. The Hall–Kier alpha value is -2.74. The number of thioether (sulfide) groups is 1. The Morgan fingerprint density at radius 3 is 2.52 bits per heavy atom. The number of hydrogen-bond acceptors (Lipinski definition) is 4. The predicted octanol–water partition coefficient (Wildman–Crippen LogP) is 5.62. The molecule has 3 aromatic rings. The number of Topliss-reactive ketones (excluding diaryl/α,β-unsaturated/α-hetero) is 1. The molecule has 0 aliphatic rings. The normalized spacial score (nSPS) is 11.5. The molecule has 152 valence electrons. The Labute approximate surface area is 170 Å². The first-order valence-electron chi connectivity index (χ1n) is 8.77. The molecule has 0 radical (unpaired) electrons. The molecule has 1 aromatic heterocycles. The van der Waals surface area contributed by atoms with Gasteiger partial charge in [-0.3, -0.25) is 4.79 Å². The van der Waals surface area contributed by atoms with Gasteiger partial charge in [0.15, 0.2) is 10.9 Å². The first-order chi connectivity index (χ1) is 13.8. The van der Waals surface area contributed by atoms with Crippen molar-refractivity contribution in [3.63, 3.8) is 0 Å². The summed E-state index contributed by atoms with van der Waals surface area (Å²) in [4.78, 5) is 15.9. The molecule has 0 atom stereocenters. The van der Waals surface area contributed by atoms with Crippen LogP contribution in [0, 0.1) is 0 Å². The average Bonchev–Trinajstić information content (AvgIpc) is 3.07. The fourth-order valence-corrected chi connectivity index (χ4v) is 3.85. The Bertz CT molecular complexity index is 1000. The van der Waals surface area contributed by atoms with E-state index in [2.05, 4.69) is 4.98 Å². The third-order valence-electron chi connectivity index (χ3n) is 4.27. The quantitative estimate of drug-likeness (QED) is 0.368. The molecule has 0 saturated heterocycles. The highest BCUT2D eigenvalue weighted by atomic mass is 32.2. The van der Waals surface area contributed by atoms with Crippen molar-refractivity contribution in [2.24, 2.45) is 0 Å².